The van der Waals surface area contributed by atoms with Crippen LogP contribution in [0.1, 0.15) is 23.6 Å². The van der Waals surface area contributed by atoms with Crippen LogP contribution < -0.4 is 0 Å². The number of nitriles is 3. The maximum Gasteiger partial charge on any atom is 0.190 e. The summed E-state index contributed by atoms with van der Waals surface area (Å²) >= 11 is 1.53. The lowest BCUT2D eigenvalue weighted by Crippen LogP contribution is -2.55. The molecule has 5 atom stereocenters. The average Bonchev–Trinajstić information content (AvgIpc) is 3.21. The van der Waals surface area contributed by atoms with Crippen LogP contribution in [0.3, 0.4) is 0 Å². The molecule has 1 saturated carbocycles. The van der Waals surface area contributed by atoms with E-state index in [0.29, 0.717) is 6.04 Å². The third kappa shape index (κ3) is 1.91. The van der Waals surface area contributed by atoms with Crippen molar-refractivity contribution in [1.29, 1.82) is 21.2 Å². The van der Waals surface area contributed by atoms with E-state index in [0.717, 1.165) is 23.3 Å². The summed E-state index contributed by atoms with van der Waals surface area (Å²) < 4.78 is 0. The van der Waals surface area contributed by atoms with E-state index in [2.05, 4.69) is 36.2 Å². The molecule has 6 heteroatoms. The van der Waals surface area contributed by atoms with Crippen molar-refractivity contribution in [2.45, 2.75) is 30.8 Å². The monoisotopic (exact) mass is 347 g/mol. The van der Waals surface area contributed by atoms with Crippen molar-refractivity contribution in [3.63, 3.8) is 0 Å². The zero-order valence-electron chi connectivity index (χ0n) is 13.8. The number of nitrogens with zero attached hydrogens (tertiary/aromatic N) is 4. The largest absolute Gasteiger partial charge is 0.305 e. The number of hydrogen-bond donors (Lipinski definition) is 1. The Kier molecular flexibility index (Phi) is 3.55. The summed E-state index contributed by atoms with van der Waals surface area (Å²) in [5.41, 5.74) is -0.675. The molecule has 25 heavy (non-hydrogen) atoms. The number of rotatable bonds is 1. The van der Waals surface area contributed by atoms with E-state index in [1.165, 1.54) is 11.3 Å². The molecule has 1 unspecified atom stereocenters. The number of likely N-dealkylation sites (N-methyl/N-ethyl adjacent to an activating group) is 1. The molecule has 0 amide bonds. The Morgan fingerprint density at radius 2 is 2.04 bits per heavy atom. The van der Waals surface area contributed by atoms with Gasteiger partial charge in [-0.25, -0.2) is 0 Å². The van der Waals surface area contributed by atoms with E-state index in [1.54, 1.807) is 0 Å². The van der Waals surface area contributed by atoms with Gasteiger partial charge in [0.15, 0.2) is 5.41 Å². The van der Waals surface area contributed by atoms with Crippen molar-refractivity contribution in [1.82, 2.24) is 4.90 Å². The number of thiophene rings is 1. The number of hydrogen-bond acceptors (Lipinski definition) is 6. The Balaban J connectivity index is 1.99. The fourth-order valence-corrected chi connectivity index (χ4v) is 5.94. The molecular formula is C19H17N5S. The maximum atomic E-state index is 9.97. The first kappa shape index (κ1) is 16.0. The van der Waals surface area contributed by atoms with E-state index in [-0.39, 0.29) is 17.7 Å². The van der Waals surface area contributed by atoms with Gasteiger partial charge in [-0.3, -0.25) is 4.90 Å². The number of nitrogens with one attached hydrogen (secondary N) is 1. The van der Waals surface area contributed by atoms with Crippen molar-refractivity contribution in [2.24, 2.45) is 17.3 Å². The van der Waals surface area contributed by atoms with Gasteiger partial charge < -0.3 is 5.41 Å². The topological polar surface area (TPSA) is 98.5 Å². The maximum absolute atomic E-state index is 9.97. The number of fused-ring (bicyclic) bond motifs is 4. The second-order valence-corrected chi connectivity index (χ2v) is 8.05. The highest BCUT2D eigenvalue weighted by Crippen LogP contribution is 2.58. The van der Waals surface area contributed by atoms with Crippen molar-refractivity contribution in [3.8, 4) is 18.2 Å². The average molecular weight is 347 g/mol. The van der Waals surface area contributed by atoms with Crippen LogP contribution in [0.4, 0.5) is 0 Å². The molecule has 5 nitrogen and oxygen atoms in total. The van der Waals surface area contributed by atoms with Crippen LogP contribution in [0.15, 0.2) is 29.2 Å². The van der Waals surface area contributed by atoms with Crippen LogP contribution in [0.5, 0.6) is 0 Å². The molecule has 3 aliphatic rings. The third-order valence-corrected chi connectivity index (χ3v) is 7.15. The normalized spacial score (nSPS) is 35.8. The summed E-state index contributed by atoms with van der Waals surface area (Å²) in [6.07, 6.45) is 4.15. The first-order valence-electron chi connectivity index (χ1n) is 8.37. The van der Waals surface area contributed by atoms with Crippen molar-refractivity contribution in [2.75, 3.05) is 7.05 Å². The third-order valence-electron chi connectivity index (χ3n) is 6.19. The van der Waals surface area contributed by atoms with E-state index < -0.39 is 17.3 Å². The van der Waals surface area contributed by atoms with E-state index in [9.17, 15) is 15.8 Å². The lowest BCUT2D eigenvalue weighted by molar-refractivity contribution is 0.158. The lowest BCUT2D eigenvalue weighted by atomic mass is 9.54. The minimum Gasteiger partial charge on any atom is -0.305 e. The summed E-state index contributed by atoms with van der Waals surface area (Å²) in [6.45, 7) is 0. The summed E-state index contributed by atoms with van der Waals surface area (Å²) in [7, 11) is 2.09. The van der Waals surface area contributed by atoms with Crippen molar-refractivity contribution >= 4 is 17.0 Å². The first-order chi connectivity index (χ1) is 12.1. The minimum atomic E-state index is -1.58. The molecule has 124 valence electrons. The van der Waals surface area contributed by atoms with E-state index in [4.69, 9.17) is 5.41 Å². The second kappa shape index (κ2) is 5.53. The first-order valence-corrected chi connectivity index (χ1v) is 9.25. The summed E-state index contributed by atoms with van der Waals surface area (Å²) in [5.74, 6) is -1.23. The Labute approximate surface area is 150 Å². The van der Waals surface area contributed by atoms with E-state index >= 15 is 0 Å². The lowest BCUT2D eigenvalue weighted by Gasteiger charge is -2.50. The molecule has 1 saturated heterocycles. The predicted molar refractivity (Wildman–Crippen MR) is 93.7 cm³/mol. The van der Waals surface area contributed by atoms with Crippen LogP contribution >= 0.6 is 11.3 Å². The van der Waals surface area contributed by atoms with Gasteiger partial charge in [0.25, 0.3) is 0 Å². The molecule has 3 heterocycles. The molecule has 2 aliphatic heterocycles. The zero-order chi connectivity index (χ0) is 17.8. The van der Waals surface area contributed by atoms with Gasteiger partial charge in [-0.05, 0) is 36.9 Å². The molecular weight excluding hydrogens is 330 g/mol. The molecule has 0 radical (unpaired) electrons. The highest BCUT2D eigenvalue weighted by atomic mass is 32.1. The van der Waals surface area contributed by atoms with Gasteiger partial charge in [0.1, 0.15) is 5.92 Å². The smallest absolute Gasteiger partial charge is 0.190 e. The van der Waals surface area contributed by atoms with Crippen molar-refractivity contribution in [3.05, 3.63) is 34.0 Å². The Morgan fingerprint density at radius 3 is 2.64 bits per heavy atom. The fourth-order valence-electron chi connectivity index (χ4n) is 5.00. The van der Waals surface area contributed by atoms with Crippen LogP contribution in [0, 0.1) is 56.7 Å². The van der Waals surface area contributed by atoms with Gasteiger partial charge >= 0.3 is 0 Å². The molecule has 2 fully saturated rings. The van der Waals surface area contributed by atoms with Gasteiger partial charge in [-0.1, -0.05) is 12.1 Å². The Hall–Kier alpha value is -2.46. The summed E-state index contributed by atoms with van der Waals surface area (Å²) in [6, 6.07) is 10.9. The Bertz CT molecular complexity index is 864. The van der Waals surface area contributed by atoms with Crippen LogP contribution in [-0.2, 0) is 0 Å². The SMILES string of the molecule is CN1[C@H]2C=C3C(C#N)C(=N)C(C#N)(C#N)[C@@H](c4cccs4)[C@H]3[C@@H]1CC2. The molecule has 1 aromatic heterocycles. The highest BCUT2D eigenvalue weighted by molar-refractivity contribution is 7.10. The zero-order valence-corrected chi connectivity index (χ0v) is 14.6. The van der Waals surface area contributed by atoms with Gasteiger partial charge in [0.05, 0.1) is 23.9 Å². The molecule has 4 rings (SSSR count). The fraction of sp³-hybridized carbons (Fsp3) is 0.474. The molecule has 0 aromatic carbocycles. The highest BCUT2D eigenvalue weighted by Gasteiger charge is 2.61. The molecule has 1 N–H and O–H groups in total. The molecule has 2 bridgehead atoms. The van der Waals surface area contributed by atoms with Crippen molar-refractivity contribution < 1.29 is 0 Å². The van der Waals surface area contributed by atoms with Crippen LogP contribution in [-0.4, -0.2) is 29.7 Å². The summed E-state index contributed by atoms with van der Waals surface area (Å²) in [4.78, 5) is 3.27. The summed E-state index contributed by atoms with van der Waals surface area (Å²) in [5, 5.41) is 40.2. The van der Waals surface area contributed by atoms with Crippen LogP contribution in [0.25, 0.3) is 0 Å². The van der Waals surface area contributed by atoms with Gasteiger partial charge in [-0.15, -0.1) is 11.3 Å². The van der Waals surface area contributed by atoms with Gasteiger partial charge in [0.2, 0.25) is 0 Å². The standard InChI is InChI=1S/C19H17N5S/c1-24-11-4-5-14(24)16-12(7-11)13(8-20)18(23)19(9-21,10-22)17(16)15-3-2-6-25-15/h2-3,6-7,11,13-14,16-17,23H,4-5H2,1H3/t11-,13?,14+,16-,17+/m1/s1. The predicted octanol–water partition coefficient (Wildman–Crippen LogP) is 3.06. The molecule has 0 spiro atoms. The molecule has 1 aromatic rings. The van der Waals surface area contributed by atoms with Gasteiger partial charge in [-0.2, -0.15) is 15.8 Å². The minimum absolute atomic E-state index is 0.0511. The van der Waals surface area contributed by atoms with E-state index in [1.807, 2.05) is 17.5 Å². The second-order valence-electron chi connectivity index (χ2n) is 7.07. The molecule has 1 aliphatic carbocycles. The van der Waals surface area contributed by atoms with Crippen LogP contribution in [0.2, 0.25) is 0 Å². The van der Waals surface area contributed by atoms with Gasteiger partial charge in [0, 0.05) is 28.8 Å². The Morgan fingerprint density at radius 1 is 1.28 bits per heavy atom. The quantitative estimate of drug-likeness (QED) is 0.789.